The number of rotatable bonds is 7. The van der Waals surface area contributed by atoms with Crippen LogP contribution in [-0.4, -0.2) is 33.4 Å². The summed E-state index contributed by atoms with van der Waals surface area (Å²) in [6, 6.07) is 4.40. The van der Waals surface area contributed by atoms with Crippen molar-refractivity contribution in [3.63, 3.8) is 0 Å². The zero-order valence-corrected chi connectivity index (χ0v) is 12.0. The van der Waals surface area contributed by atoms with E-state index in [9.17, 15) is 0 Å². The smallest absolute Gasteiger partial charge is 0.145 e. The molecule has 1 aromatic carbocycles. The zero-order chi connectivity index (χ0) is 13.5. The molecule has 0 saturated carbocycles. The van der Waals surface area contributed by atoms with Crippen molar-refractivity contribution in [3.05, 3.63) is 17.7 Å². The van der Waals surface area contributed by atoms with Gasteiger partial charge < -0.3 is 20.1 Å². The van der Waals surface area contributed by atoms with Gasteiger partial charge in [-0.3, -0.25) is 0 Å². The maximum atomic E-state index is 5.38. The van der Waals surface area contributed by atoms with Crippen LogP contribution in [0.3, 0.4) is 0 Å². The van der Waals surface area contributed by atoms with Gasteiger partial charge in [0.15, 0.2) is 0 Å². The van der Waals surface area contributed by atoms with Gasteiger partial charge in [0.05, 0.1) is 19.9 Å². The van der Waals surface area contributed by atoms with E-state index in [2.05, 4.69) is 24.5 Å². The predicted molar refractivity (Wildman–Crippen MR) is 75.9 cm³/mol. The predicted octanol–water partition coefficient (Wildman–Crippen LogP) is 2.42. The highest BCUT2D eigenvalue weighted by molar-refractivity contribution is 5.64. The Bertz CT molecular complexity index is 378. The van der Waals surface area contributed by atoms with Crippen molar-refractivity contribution in [2.45, 2.75) is 26.8 Å². The van der Waals surface area contributed by atoms with Gasteiger partial charge in [0.25, 0.3) is 0 Å². The van der Waals surface area contributed by atoms with Crippen molar-refractivity contribution < 1.29 is 9.47 Å². The summed E-state index contributed by atoms with van der Waals surface area (Å²) in [7, 11) is 3.33. The molecule has 0 heterocycles. The number of aryl methyl sites for hydroxylation is 1. The Morgan fingerprint density at radius 1 is 1.11 bits per heavy atom. The van der Waals surface area contributed by atoms with E-state index in [-0.39, 0.29) is 0 Å². The molecular weight excluding hydrogens is 228 g/mol. The van der Waals surface area contributed by atoms with Gasteiger partial charge in [-0.1, -0.05) is 13.8 Å². The first-order valence-corrected chi connectivity index (χ1v) is 6.28. The third kappa shape index (κ3) is 4.11. The van der Waals surface area contributed by atoms with E-state index in [0.717, 1.165) is 35.8 Å². The monoisotopic (exact) mass is 252 g/mol. The molecule has 102 valence electrons. The normalized spacial score (nSPS) is 10.6. The number of hydrogen-bond donors (Lipinski definition) is 2. The molecule has 0 saturated heterocycles. The second kappa shape index (κ2) is 7.11. The number of methoxy groups -OCH3 is 2. The molecule has 0 spiro atoms. The molecule has 4 nitrogen and oxygen atoms in total. The number of hydrogen-bond acceptors (Lipinski definition) is 4. The molecule has 0 bridgehead atoms. The van der Waals surface area contributed by atoms with Crippen LogP contribution in [0.1, 0.15) is 19.4 Å². The molecule has 0 aliphatic heterocycles. The molecule has 0 atom stereocenters. The van der Waals surface area contributed by atoms with Crippen molar-refractivity contribution >= 4 is 5.69 Å². The van der Waals surface area contributed by atoms with Crippen LogP contribution in [0, 0.1) is 6.92 Å². The summed E-state index contributed by atoms with van der Waals surface area (Å²) in [5.41, 5.74) is 2.15. The van der Waals surface area contributed by atoms with Crippen LogP contribution < -0.4 is 20.1 Å². The third-order valence-electron chi connectivity index (χ3n) is 2.71. The van der Waals surface area contributed by atoms with Crippen LogP contribution in [0.5, 0.6) is 11.5 Å². The maximum Gasteiger partial charge on any atom is 0.145 e. The van der Waals surface area contributed by atoms with Crippen molar-refractivity contribution in [2.24, 2.45) is 0 Å². The molecule has 0 aliphatic carbocycles. The molecule has 0 aliphatic rings. The van der Waals surface area contributed by atoms with Crippen LogP contribution in [0.15, 0.2) is 12.1 Å². The lowest BCUT2D eigenvalue weighted by atomic mass is 10.1. The first-order chi connectivity index (χ1) is 8.58. The van der Waals surface area contributed by atoms with Crippen LogP contribution in [-0.2, 0) is 0 Å². The SMILES string of the molecule is COc1cc(C)c(NCCNC(C)C)c(OC)c1. The molecule has 1 aromatic rings. The van der Waals surface area contributed by atoms with Crippen LogP contribution in [0.25, 0.3) is 0 Å². The van der Waals surface area contributed by atoms with Gasteiger partial charge in [-0.2, -0.15) is 0 Å². The highest BCUT2D eigenvalue weighted by Gasteiger charge is 2.08. The quantitative estimate of drug-likeness (QED) is 0.731. The van der Waals surface area contributed by atoms with E-state index in [4.69, 9.17) is 9.47 Å². The standard InChI is InChI=1S/C14H24N2O2/c1-10(2)15-6-7-16-14-11(3)8-12(17-4)9-13(14)18-5/h8-10,15-16H,6-7H2,1-5H3. The highest BCUT2D eigenvalue weighted by atomic mass is 16.5. The topological polar surface area (TPSA) is 42.5 Å². The van der Waals surface area contributed by atoms with E-state index in [1.807, 2.05) is 19.1 Å². The van der Waals surface area contributed by atoms with Gasteiger partial charge in [-0.25, -0.2) is 0 Å². The molecule has 0 aromatic heterocycles. The minimum Gasteiger partial charge on any atom is -0.497 e. The van der Waals surface area contributed by atoms with Gasteiger partial charge >= 0.3 is 0 Å². The number of ether oxygens (including phenoxy) is 2. The molecule has 2 N–H and O–H groups in total. The van der Waals surface area contributed by atoms with E-state index in [1.165, 1.54) is 0 Å². The summed E-state index contributed by atoms with van der Waals surface area (Å²) in [6.45, 7) is 8.11. The Labute approximate surface area is 110 Å². The number of benzene rings is 1. The summed E-state index contributed by atoms with van der Waals surface area (Å²) in [6.07, 6.45) is 0. The molecule has 4 heteroatoms. The minimum absolute atomic E-state index is 0.505. The number of anilines is 1. The van der Waals surface area contributed by atoms with Gasteiger partial charge in [0.2, 0.25) is 0 Å². The van der Waals surface area contributed by atoms with Crippen LogP contribution >= 0.6 is 0 Å². The molecule has 1 rings (SSSR count). The Morgan fingerprint density at radius 2 is 1.83 bits per heavy atom. The van der Waals surface area contributed by atoms with Crippen molar-refractivity contribution in [2.75, 3.05) is 32.6 Å². The lowest BCUT2D eigenvalue weighted by Crippen LogP contribution is -2.28. The van der Waals surface area contributed by atoms with Gasteiger partial charge in [0, 0.05) is 25.2 Å². The molecule has 0 radical (unpaired) electrons. The lowest BCUT2D eigenvalue weighted by molar-refractivity contribution is 0.395. The summed E-state index contributed by atoms with van der Waals surface area (Å²) in [4.78, 5) is 0. The van der Waals surface area contributed by atoms with E-state index >= 15 is 0 Å². The van der Waals surface area contributed by atoms with Crippen molar-refractivity contribution in [1.82, 2.24) is 5.32 Å². The second-order valence-corrected chi connectivity index (χ2v) is 4.56. The average molecular weight is 252 g/mol. The molecule has 0 amide bonds. The zero-order valence-electron chi connectivity index (χ0n) is 12.0. The Hall–Kier alpha value is -1.42. The largest absolute Gasteiger partial charge is 0.497 e. The average Bonchev–Trinajstić information content (AvgIpc) is 2.34. The third-order valence-corrected chi connectivity index (χ3v) is 2.71. The van der Waals surface area contributed by atoms with Crippen LogP contribution in [0.2, 0.25) is 0 Å². The summed E-state index contributed by atoms with van der Waals surface area (Å²) in [5.74, 6) is 1.63. The van der Waals surface area contributed by atoms with Crippen molar-refractivity contribution in [1.29, 1.82) is 0 Å². The Morgan fingerprint density at radius 3 is 2.39 bits per heavy atom. The van der Waals surface area contributed by atoms with Gasteiger partial charge in [-0.05, 0) is 18.6 Å². The first-order valence-electron chi connectivity index (χ1n) is 6.28. The fourth-order valence-electron chi connectivity index (χ4n) is 1.78. The molecular formula is C14H24N2O2. The van der Waals surface area contributed by atoms with Gasteiger partial charge in [-0.15, -0.1) is 0 Å². The number of nitrogens with one attached hydrogen (secondary N) is 2. The van der Waals surface area contributed by atoms with E-state index in [1.54, 1.807) is 14.2 Å². The van der Waals surface area contributed by atoms with E-state index in [0.29, 0.717) is 6.04 Å². The molecule has 18 heavy (non-hydrogen) atoms. The van der Waals surface area contributed by atoms with Crippen molar-refractivity contribution in [3.8, 4) is 11.5 Å². The van der Waals surface area contributed by atoms with Crippen LogP contribution in [0.4, 0.5) is 5.69 Å². The van der Waals surface area contributed by atoms with Gasteiger partial charge in [0.1, 0.15) is 11.5 Å². The Kier molecular flexibility index (Phi) is 5.78. The first kappa shape index (κ1) is 14.6. The minimum atomic E-state index is 0.505. The summed E-state index contributed by atoms with van der Waals surface area (Å²) < 4.78 is 10.6. The highest BCUT2D eigenvalue weighted by Crippen LogP contribution is 2.32. The summed E-state index contributed by atoms with van der Waals surface area (Å²) in [5, 5.41) is 6.76. The molecule has 0 fully saturated rings. The van der Waals surface area contributed by atoms with E-state index < -0.39 is 0 Å². The lowest BCUT2D eigenvalue weighted by Gasteiger charge is -2.16. The fourth-order valence-corrected chi connectivity index (χ4v) is 1.78. The molecule has 0 unspecified atom stereocenters. The summed E-state index contributed by atoms with van der Waals surface area (Å²) >= 11 is 0. The Balaban J connectivity index is 2.69. The fraction of sp³-hybridized carbons (Fsp3) is 0.571. The maximum absolute atomic E-state index is 5.38. The second-order valence-electron chi connectivity index (χ2n) is 4.56.